The molecule has 4 heteroatoms. The summed E-state index contributed by atoms with van der Waals surface area (Å²) < 4.78 is 5.03. The van der Waals surface area contributed by atoms with E-state index in [1.165, 1.54) is 0 Å². The first-order valence-corrected chi connectivity index (χ1v) is 4.65. The first kappa shape index (κ1) is 8.97. The van der Waals surface area contributed by atoms with Crippen LogP contribution >= 0.6 is 0 Å². The summed E-state index contributed by atoms with van der Waals surface area (Å²) in [6.45, 7) is 1.65. The number of fused-ring (bicyclic) bond motifs is 1. The molecular formula is C9H14O4. The second-order valence-corrected chi connectivity index (χ2v) is 4.02. The standard InChI is InChI=1S/C9H14O4/c1-4(10)9-5-2-8(12)13-7(5)3-6(9)11/h4-7,9-11H,2-3H2,1H3. The highest BCUT2D eigenvalue weighted by molar-refractivity contribution is 5.72. The maximum atomic E-state index is 10.9. The second kappa shape index (κ2) is 2.96. The SMILES string of the molecule is CC(O)C1C(O)CC2OC(=O)CC21. The van der Waals surface area contributed by atoms with E-state index in [0.29, 0.717) is 12.8 Å². The normalized spacial score (nSPS) is 45.9. The molecule has 1 saturated heterocycles. The maximum absolute atomic E-state index is 10.9. The number of hydrogen-bond donors (Lipinski definition) is 2. The number of carbonyl (C=O) groups excluding carboxylic acids is 1. The molecule has 2 fully saturated rings. The highest BCUT2D eigenvalue weighted by Gasteiger charge is 2.51. The van der Waals surface area contributed by atoms with Crippen LogP contribution in [0.2, 0.25) is 0 Å². The van der Waals surface area contributed by atoms with Crippen LogP contribution in [0.5, 0.6) is 0 Å². The van der Waals surface area contributed by atoms with E-state index >= 15 is 0 Å². The molecule has 0 aromatic carbocycles. The van der Waals surface area contributed by atoms with Gasteiger partial charge in [0, 0.05) is 18.3 Å². The van der Waals surface area contributed by atoms with Gasteiger partial charge in [-0.15, -0.1) is 0 Å². The molecule has 1 aliphatic carbocycles. The third-order valence-electron chi connectivity index (χ3n) is 3.13. The fourth-order valence-electron chi connectivity index (χ4n) is 2.59. The van der Waals surface area contributed by atoms with Crippen LogP contribution in [0.15, 0.2) is 0 Å². The first-order chi connectivity index (χ1) is 6.09. The third kappa shape index (κ3) is 1.34. The zero-order chi connectivity index (χ0) is 9.59. The van der Waals surface area contributed by atoms with Crippen LogP contribution in [0, 0.1) is 11.8 Å². The van der Waals surface area contributed by atoms with Crippen LogP contribution in [0.1, 0.15) is 19.8 Å². The van der Waals surface area contributed by atoms with Crippen molar-refractivity contribution < 1.29 is 19.7 Å². The van der Waals surface area contributed by atoms with E-state index in [-0.39, 0.29) is 23.9 Å². The summed E-state index contributed by atoms with van der Waals surface area (Å²) in [5, 5.41) is 19.0. The van der Waals surface area contributed by atoms with Crippen LogP contribution in [-0.4, -0.2) is 34.5 Å². The van der Waals surface area contributed by atoms with E-state index < -0.39 is 12.2 Å². The molecule has 1 aliphatic heterocycles. The number of carbonyl (C=O) groups is 1. The summed E-state index contributed by atoms with van der Waals surface area (Å²) in [7, 11) is 0. The predicted octanol–water partition coefficient (Wildman–Crippen LogP) is -0.320. The molecule has 0 radical (unpaired) electrons. The number of aliphatic hydroxyl groups is 2. The van der Waals surface area contributed by atoms with Crippen molar-refractivity contribution in [3.05, 3.63) is 0 Å². The van der Waals surface area contributed by atoms with Gasteiger partial charge in [-0.1, -0.05) is 0 Å². The Labute approximate surface area is 76.5 Å². The molecule has 0 amide bonds. The highest BCUT2D eigenvalue weighted by atomic mass is 16.6. The van der Waals surface area contributed by atoms with Crippen molar-refractivity contribution in [1.29, 1.82) is 0 Å². The zero-order valence-electron chi connectivity index (χ0n) is 7.51. The molecule has 2 N–H and O–H groups in total. The van der Waals surface area contributed by atoms with Crippen molar-refractivity contribution in [2.45, 2.75) is 38.1 Å². The Morgan fingerprint density at radius 1 is 1.62 bits per heavy atom. The fourth-order valence-corrected chi connectivity index (χ4v) is 2.59. The predicted molar refractivity (Wildman–Crippen MR) is 43.8 cm³/mol. The Morgan fingerprint density at radius 3 is 2.92 bits per heavy atom. The summed E-state index contributed by atoms with van der Waals surface area (Å²) >= 11 is 0. The van der Waals surface area contributed by atoms with Crippen LogP contribution in [0.3, 0.4) is 0 Å². The first-order valence-electron chi connectivity index (χ1n) is 4.65. The number of rotatable bonds is 1. The fraction of sp³-hybridized carbons (Fsp3) is 0.889. The molecule has 4 nitrogen and oxygen atoms in total. The van der Waals surface area contributed by atoms with Crippen molar-refractivity contribution in [2.75, 3.05) is 0 Å². The minimum atomic E-state index is -0.570. The van der Waals surface area contributed by atoms with Crippen LogP contribution in [-0.2, 0) is 9.53 Å². The minimum absolute atomic E-state index is 0.0162. The lowest BCUT2D eigenvalue weighted by Crippen LogP contribution is -2.30. The van der Waals surface area contributed by atoms with E-state index in [2.05, 4.69) is 0 Å². The van der Waals surface area contributed by atoms with Gasteiger partial charge in [0.25, 0.3) is 0 Å². The summed E-state index contributed by atoms with van der Waals surface area (Å²) in [5.41, 5.74) is 0. The Morgan fingerprint density at radius 2 is 2.31 bits per heavy atom. The van der Waals surface area contributed by atoms with E-state index in [1.807, 2.05) is 0 Å². The Bertz CT molecular complexity index is 226. The van der Waals surface area contributed by atoms with E-state index in [0.717, 1.165) is 0 Å². The average Bonchev–Trinajstić information content (AvgIpc) is 2.41. The molecule has 0 aromatic rings. The Hall–Kier alpha value is -0.610. The molecule has 74 valence electrons. The van der Waals surface area contributed by atoms with Crippen molar-refractivity contribution in [3.63, 3.8) is 0 Å². The molecule has 2 aliphatic rings. The molecule has 1 heterocycles. The van der Waals surface area contributed by atoms with Crippen molar-refractivity contribution >= 4 is 5.97 Å². The molecule has 13 heavy (non-hydrogen) atoms. The van der Waals surface area contributed by atoms with Crippen LogP contribution < -0.4 is 0 Å². The van der Waals surface area contributed by atoms with Gasteiger partial charge in [-0.05, 0) is 6.92 Å². The zero-order valence-corrected chi connectivity index (χ0v) is 7.51. The quantitative estimate of drug-likeness (QED) is 0.551. The van der Waals surface area contributed by atoms with Gasteiger partial charge in [0.05, 0.1) is 18.6 Å². The van der Waals surface area contributed by atoms with Gasteiger partial charge in [-0.25, -0.2) is 0 Å². The molecule has 2 rings (SSSR count). The molecular weight excluding hydrogens is 172 g/mol. The molecule has 0 aromatic heterocycles. The van der Waals surface area contributed by atoms with Gasteiger partial charge in [0.1, 0.15) is 6.10 Å². The Kier molecular flexibility index (Phi) is 2.04. The lowest BCUT2D eigenvalue weighted by atomic mass is 9.88. The minimum Gasteiger partial charge on any atom is -0.462 e. The van der Waals surface area contributed by atoms with Gasteiger partial charge < -0.3 is 14.9 Å². The van der Waals surface area contributed by atoms with Gasteiger partial charge in [0.2, 0.25) is 0 Å². The van der Waals surface area contributed by atoms with Crippen molar-refractivity contribution in [3.8, 4) is 0 Å². The highest BCUT2D eigenvalue weighted by Crippen LogP contribution is 2.42. The van der Waals surface area contributed by atoms with Crippen molar-refractivity contribution in [2.24, 2.45) is 11.8 Å². The molecule has 5 atom stereocenters. The maximum Gasteiger partial charge on any atom is 0.306 e. The number of hydrogen-bond acceptors (Lipinski definition) is 4. The third-order valence-corrected chi connectivity index (χ3v) is 3.13. The number of ether oxygens (including phenoxy) is 1. The van der Waals surface area contributed by atoms with E-state index in [9.17, 15) is 15.0 Å². The lowest BCUT2D eigenvalue weighted by molar-refractivity contribution is -0.141. The van der Waals surface area contributed by atoms with Gasteiger partial charge in [0.15, 0.2) is 0 Å². The van der Waals surface area contributed by atoms with Gasteiger partial charge >= 0.3 is 5.97 Å². The smallest absolute Gasteiger partial charge is 0.306 e. The van der Waals surface area contributed by atoms with Crippen LogP contribution in [0.4, 0.5) is 0 Å². The lowest BCUT2D eigenvalue weighted by Gasteiger charge is -2.21. The molecule has 5 unspecified atom stereocenters. The molecule has 0 bridgehead atoms. The molecule has 1 saturated carbocycles. The monoisotopic (exact) mass is 186 g/mol. The molecule has 0 spiro atoms. The van der Waals surface area contributed by atoms with E-state index in [1.54, 1.807) is 6.92 Å². The summed E-state index contributed by atoms with van der Waals surface area (Å²) in [6.07, 6.45) is -0.437. The largest absolute Gasteiger partial charge is 0.462 e. The van der Waals surface area contributed by atoms with Gasteiger partial charge in [-0.3, -0.25) is 4.79 Å². The van der Waals surface area contributed by atoms with Crippen LogP contribution in [0.25, 0.3) is 0 Å². The van der Waals surface area contributed by atoms with E-state index in [4.69, 9.17) is 4.74 Å². The topological polar surface area (TPSA) is 66.8 Å². The average molecular weight is 186 g/mol. The van der Waals surface area contributed by atoms with Crippen molar-refractivity contribution in [1.82, 2.24) is 0 Å². The van der Waals surface area contributed by atoms with Gasteiger partial charge in [-0.2, -0.15) is 0 Å². The second-order valence-electron chi connectivity index (χ2n) is 4.02. The number of esters is 1. The summed E-state index contributed by atoms with van der Waals surface area (Å²) in [5.74, 6) is -0.383. The summed E-state index contributed by atoms with van der Waals surface area (Å²) in [6, 6.07) is 0. The Balaban J connectivity index is 2.14. The summed E-state index contributed by atoms with van der Waals surface area (Å²) in [4.78, 5) is 10.9. The number of aliphatic hydroxyl groups excluding tert-OH is 2.